The highest BCUT2D eigenvalue weighted by molar-refractivity contribution is 5.91. The van der Waals surface area contributed by atoms with E-state index in [1.165, 1.54) is 11.1 Å². The van der Waals surface area contributed by atoms with E-state index in [0.29, 0.717) is 5.69 Å². The second-order valence-corrected chi connectivity index (χ2v) is 11.8. The van der Waals surface area contributed by atoms with Gasteiger partial charge in [-0.2, -0.15) is 0 Å². The molecule has 240 valence electrons. The lowest BCUT2D eigenvalue weighted by Crippen LogP contribution is -2.02. The van der Waals surface area contributed by atoms with Gasteiger partial charge >= 0.3 is 0 Å². The highest BCUT2D eigenvalue weighted by Crippen LogP contribution is 2.32. The van der Waals surface area contributed by atoms with Gasteiger partial charge in [0.2, 0.25) is 0 Å². The van der Waals surface area contributed by atoms with Crippen molar-refractivity contribution in [1.82, 2.24) is 39.4 Å². The van der Waals surface area contributed by atoms with Crippen LogP contribution in [0.4, 0.5) is 5.69 Å². The average molecular weight is 638 g/mol. The first-order chi connectivity index (χ1) is 23.3. The first-order valence-electron chi connectivity index (χ1n) is 15.6. The van der Waals surface area contributed by atoms with Gasteiger partial charge in [0.1, 0.15) is 23.0 Å². The number of aryl methyl sites for hydroxylation is 5. The van der Waals surface area contributed by atoms with E-state index in [0.717, 1.165) is 86.4 Å². The van der Waals surface area contributed by atoms with Gasteiger partial charge < -0.3 is 23.9 Å². The van der Waals surface area contributed by atoms with Gasteiger partial charge in [-0.3, -0.25) is 4.98 Å². The molecule has 2 N–H and O–H groups in total. The molecule has 0 unspecified atom stereocenters. The SMILES string of the molecule is Cc1noc(C)c1-c1cc(N)c2ccn(Cc3ccccc3)c2n1.Cc1noc(C)c1-c1cnc2nc(C)n(Cc3ccncc3)c2c1. The summed E-state index contributed by atoms with van der Waals surface area (Å²) in [6.45, 7) is 11.1. The second kappa shape index (κ2) is 12.6. The van der Waals surface area contributed by atoms with Crippen LogP contribution in [0.5, 0.6) is 0 Å². The van der Waals surface area contributed by atoms with E-state index in [2.05, 4.69) is 52.6 Å². The van der Waals surface area contributed by atoms with Crippen LogP contribution in [0.15, 0.2) is 94.5 Å². The summed E-state index contributed by atoms with van der Waals surface area (Å²) >= 11 is 0. The summed E-state index contributed by atoms with van der Waals surface area (Å²) in [4.78, 5) is 18.0. The van der Waals surface area contributed by atoms with E-state index in [9.17, 15) is 0 Å². The summed E-state index contributed by atoms with van der Waals surface area (Å²) in [5.41, 5.74) is 17.4. The molecule has 0 fully saturated rings. The number of aromatic nitrogens is 8. The molecular formula is C37H35N9O2. The molecule has 11 nitrogen and oxygen atoms in total. The standard InChI is InChI=1S/C19H18N4O.C18H17N5O/c1-12-18(13(2)24-22-12)17-10-16(20)15-8-9-23(19(15)21-17)11-14-6-4-3-5-7-14;1-11-17(12(2)24-22-11)15-8-16-18(20-9-15)21-13(3)23(16)10-14-4-6-19-7-5-14/h3-10H,11H2,1-2H3,(H2,20,21);4-9H,10H2,1-3H3. The van der Waals surface area contributed by atoms with E-state index >= 15 is 0 Å². The van der Waals surface area contributed by atoms with Gasteiger partial charge in [-0.1, -0.05) is 40.6 Å². The molecule has 8 rings (SSSR count). The molecule has 0 radical (unpaired) electrons. The molecule has 1 aromatic carbocycles. The third kappa shape index (κ3) is 5.81. The number of anilines is 1. The first-order valence-corrected chi connectivity index (χ1v) is 15.6. The summed E-state index contributed by atoms with van der Waals surface area (Å²) in [7, 11) is 0. The lowest BCUT2D eigenvalue weighted by atomic mass is 10.1. The number of rotatable bonds is 6. The number of benzene rings is 1. The lowest BCUT2D eigenvalue weighted by Gasteiger charge is -2.08. The molecule has 8 aromatic rings. The van der Waals surface area contributed by atoms with Gasteiger partial charge in [0.15, 0.2) is 5.65 Å². The molecule has 0 saturated carbocycles. The molecule has 0 aliphatic heterocycles. The van der Waals surface area contributed by atoms with Crippen LogP contribution in [0, 0.1) is 34.6 Å². The highest BCUT2D eigenvalue weighted by Gasteiger charge is 2.17. The quantitative estimate of drug-likeness (QED) is 0.198. The molecule has 7 aromatic heterocycles. The van der Waals surface area contributed by atoms with Crippen LogP contribution in [-0.2, 0) is 13.1 Å². The third-order valence-corrected chi connectivity index (χ3v) is 8.46. The van der Waals surface area contributed by atoms with Crippen molar-refractivity contribution in [2.24, 2.45) is 0 Å². The van der Waals surface area contributed by atoms with Crippen molar-refractivity contribution >= 4 is 27.9 Å². The highest BCUT2D eigenvalue weighted by atomic mass is 16.5. The summed E-state index contributed by atoms with van der Waals surface area (Å²) < 4.78 is 14.8. The van der Waals surface area contributed by atoms with Crippen LogP contribution < -0.4 is 5.73 Å². The van der Waals surface area contributed by atoms with Gasteiger partial charge in [0.05, 0.1) is 28.2 Å². The zero-order chi connectivity index (χ0) is 33.4. The fourth-order valence-corrected chi connectivity index (χ4v) is 6.09. The number of nitrogens with two attached hydrogens (primary N) is 1. The van der Waals surface area contributed by atoms with Crippen molar-refractivity contribution in [3.8, 4) is 22.4 Å². The van der Waals surface area contributed by atoms with E-state index in [1.807, 2.05) is 89.5 Å². The molecule has 0 aliphatic rings. The number of hydrogen-bond donors (Lipinski definition) is 1. The summed E-state index contributed by atoms with van der Waals surface area (Å²) in [5, 5.41) is 9.01. The Morgan fingerprint density at radius 1 is 0.750 bits per heavy atom. The van der Waals surface area contributed by atoms with Crippen molar-refractivity contribution in [3.63, 3.8) is 0 Å². The van der Waals surface area contributed by atoms with Crippen molar-refractivity contribution in [2.45, 2.75) is 47.7 Å². The van der Waals surface area contributed by atoms with E-state index < -0.39 is 0 Å². The molecule has 7 heterocycles. The first kappa shape index (κ1) is 30.5. The normalized spacial score (nSPS) is 11.3. The summed E-state index contributed by atoms with van der Waals surface area (Å²) in [6, 6.07) is 20.3. The Labute approximate surface area is 277 Å². The monoisotopic (exact) mass is 637 g/mol. The van der Waals surface area contributed by atoms with Crippen molar-refractivity contribution in [3.05, 3.63) is 125 Å². The van der Waals surface area contributed by atoms with Gasteiger partial charge in [-0.25, -0.2) is 15.0 Å². The van der Waals surface area contributed by atoms with E-state index in [1.54, 1.807) is 12.4 Å². The van der Waals surface area contributed by atoms with Gasteiger partial charge in [0, 0.05) is 60.1 Å². The number of nitrogens with zero attached hydrogens (tertiary/aromatic N) is 8. The Morgan fingerprint density at radius 3 is 2.12 bits per heavy atom. The molecule has 11 heteroatoms. The molecular weight excluding hydrogens is 602 g/mol. The maximum Gasteiger partial charge on any atom is 0.177 e. The third-order valence-electron chi connectivity index (χ3n) is 8.46. The Morgan fingerprint density at radius 2 is 1.44 bits per heavy atom. The minimum absolute atomic E-state index is 0.710. The van der Waals surface area contributed by atoms with Crippen LogP contribution in [0.2, 0.25) is 0 Å². The molecule has 48 heavy (non-hydrogen) atoms. The van der Waals surface area contributed by atoms with Crippen LogP contribution >= 0.6 is 0 Å². The molecule has 0 bridgehead atoms. The van der Waals surface area contributed by atoms with Crippen molar-refractivity contribution in [1.29, 1.82) is 0 Å². The van der Waals surface area contributed by atoms with Gasteiger partial charge in [0.25, 0.3) is 0 Å². The zero-order valence-electron chi connectivity index (χ0n) is 27.5. The second-order valence-electron chi connectivity index (χ2n) is 11.8. The Balaban J connectivity index is 0.000000152. The minimum atomic E-state index is 0.710. The zero-order valence-corrected chi connectivity index (χ0v) is 27.5. The van der Waals surface area contributed by atoms with Gasteiger partial charge in [-0.15, -0.1) is 0 Å². The summed E-state index contributed by atoms with van der Waals surface area (Å²) in [5.74, 6) is 2.48. The molecule has 0 amide bonds. The van der Waals surface area contributed by atoms with Crippen molar-refractivity contribution in [2.75, 3.05) is 5.73 Å². The van der Waals surface area contributed by atoms with E-state index in [4.69, 9.17) is 19.8 Å². The van der Waals surface area contributed by atoms with Crippen LogP contribution in [0.3, 0.4) is 0 Å². The largest absolute Gasteiger partial charge is 0.398 e. The van der Waals surface area contributed by atoms with Crippen LogP contribution in [0.25, 0.3) is 44.6 Å². The Hall–Kier alpha value is -6.10. The Bertz CT molecular complexity index is 2330. The number of fused-ring (bicyclic) bond motifs is 2. The topological polar surface area (TPSA) is 140 Å². The van der Waals surface area contributed by atoms with Crippen LogP contribution in [-0.4, -0.2) is 39.4 Å². The van der Waals surface area contributed by atoms with Crippen molar-refractivity contribution < 1.29 is 9.05 Å². The maximum absolute atomic E-state index is 6.27. The number of hydrogen-bond acceptors (Lipinski definition) is 9. The lowest BCUT2D eigenvalue weighted by molar-refractivity contribution is 0.393. The maximum atomic E-state index is 6.27. The molecule has 0 saturated heterocycles. The van der Waals surface area contributed by atoms with Gasteiger partial charge in [-0.05, 0) is 76.1 Å². The predicted octanol–water partition coefficient (Wildman–Crippen LogP) is 7.39. The average Bonchev–Trinajstić information content (AvgIpc) is 3.83. The minimum Gasteiger partial charge on any atom is -0.398 e. The van der Waals surface area contributed by atoms with Crippen LogP contribution in [0.1, 0.15) is 39.9 Å². The number of pyridine rings is 3. The fraction of sp³-hybridized carbons (Fsp3) is 0.189. The number of nitrogen functional groups attached to an aromatic ring is 1. The predicted molar refractivity (Wildman–Crippen MR) is 185 cm³/mol. The smallest absolute Gasteiger partial charge is 0.177 e. The Kier molecular flexibility index (Phi) is 8.02. The molecule has 0 aliphatic carbocycles. The molecule has 0 spiro atoms. The van der Waals surface area contributed by atoms with E-state index in [-0.39, 0.29) is 0 Å². The fourth-order valence-electron chi connectivity index (χ4n) is 6.09. The molecule has 0 atom stereocenters. The number of imidazole rings is 1. The summed E-state index contributed by atoms with van der Waals surface area (Å²) in [6.07, 6.45) is 7.46.